The Labute approximate surface area is 307 Å². The van der Waals surface area contributed by atoms with E-state index in [1.54, 1.807) is 0 Å². The summed E-state index contributed by atoms with van der Waals surface area (Å²) < 4.78 is 73.7. The molecule has 4 rings (SSSR count). The Bertz CT molecular complexity index is 1400. The number of rotatable bonds is 13. The number of ether oxygens (including phenoxy) is 13. The molecule has 22 nitrogen and oxygen atoms in total. The molecule has 4 aliphatic rings. The van der Waals surface area contributed by atoms with Crippen molar-refractivity contribution < 1.29 is 105 Å². The SMILES string of the molecule is CC(=O)OC[C@H]1O[C@H](O[C@H]2[C@H](OC(C)=O)[C@@H](OC(C)=O)[C@@H]3OC[C@H]2O3)[C@H](OC(C)=O)[C@@H](OC(C)=O)[C@@H]1O[C@H]1O[C@H](CO)[C@@H](O)[C@H](OC(C)=O)[C@H]1OC(C)=O. The van der Waals surface area contributed by atoms with Crippen molar-refractivity contribution in [2.24, 2.45) is 0 Å². The third-order valence-electron chi connectivity index (χ3n) is 8.25. The van der Waals surface area contributed by atoms with E-state index in [4.69, 9.17) is 61.6 Å². The molecule has 4 heterocycles. The van der Waals surface area contributed by atoms with Gasteiger partial charge in [0, 0.05) is 48.5 Å². The lowest BCUT2D eigenvalue weighted by atomic mass is 9.95. The Kier molecular flexibility index (Phi) is 14.7. The van der Waals surface area contributed by atoms with Gasteiger partial charge < -0.3 is 71.8 Å². The van der Waals surface area contributed by atoms with E-state index in [1.807, 2.05) is 0 Å². The molecule has 0 aromatic heterocycles. The molecule has 4 fully saturated rings. The standard InChI is InChI=1S/C32H44O22/c1-11(34)42-9-19-22(53-31-27(47-15(5)38)24(44-12(2)35)21(41)18(8-33)50-31)26(46-14(4)37)29(49-17(7)40)32(52-19)54-23-20-10-43-30(51-20)28(48-16(6)39)25(23)45-13(3)36/h18-33,41H,8-10H2,1-7H3/t18-,19-,20-,21-,22-,23-,24+,25+,26+,27-,28-,29-,30-,31-,32-/m1/s1. The molecule has 304 valence electrons. The summed E-state index contributed by atoms with van der Waals surface area (Å²) in [6.07, 6.45) is -23.2. The Morgan fingerprint density at radius 2 is 0.944 bits per heavy atom. The van der Waals surface area contributed by atoms with Crippen LogP contribution in [0, 0.1) is 0 Å². The van der Waals surface area contributed by atoms with Crippen LogP contribution in [0.5, 0.6) is 0 Å². The van der Waals surface area contributed by atoms with Crippen molar-refractivity contribution in [3.05, 3.63) is 0 Å². The lowest BCUT2D eigenvalue weighted by Crippen LogP contribution is -2.68. The van der Waals surface area contributed by atoms with E-state index in [2.05, 4.69) is 0 Å². The number of carbonyl (C=O) groups is 7. The van der Waals surface area contributed by atoms with Crippen molar-refractivity contribution in [2.45, 2.75) is 141 Å². The lowest BCUT2D eigenvalue weighted by molar-refractivity contribution is -0.372. The highest BCUT2D eigenvalue weighted by molar-refractivity contribution is 5.69. The number of aliphatic hydroxyl groups excluding tert-OH is 2. The van der Waals surface area contributed by atoms with Gasteiger partial charge in [0.25, 0.3) is 0 Å². The minimum Gasteiger partial charge on any atom is -0.463 e. The molecule has 0 aromatic rings. The lowest BCUT2D eigenvalue weighted by Gasteiger charge is -2.49. The summed E-state index contributed by atoms with van der Waals surface area (Å²) >= 11 is 0. The average molecular weight is 781 g/mol. The van der Waals surface area contributed by atoms with Gasteiger partial charge in [0.1, 0.15) is 43.2 Å². The smallest absolute Gasteiger partial charge is 0.303 e. The van der Waals surface area contributed by atoms with Crippen molar-refractivity contribution in [3.63, 3.8) is 0 Å². The molecule has 0 aliphatic carbocycles. The number of carbonyl (C=O) groups excluding carboxylic acids is 7. The number of aliphatic hydroxyl groups is 2. The van der Waals surface area contributed by atoms with Gasteiger partial charge in [-0.15, -0.1) is 0 Å². The van der Waals surface area contributed by atoms with Gasteiger partial charge in [-0.3, -0.25) is 33.6 Å². The summed E-state index contributed by atoms with van der Waals surface area (Å²) in [5.74, 6) is -6.15. The third kappa shape index (κ3) is 10.6. The zero-order valence-corrected chi connectivity index (χ0v) is 30.3. The van der Waals surface area contributed by atoms with E-state index in [9.17, 15) is 43.8 Å². The summed E-state index contributed by atoms with van der Waals surface area (Å²) in [7, 11) is 0. The van der Waals surface area contributed by atoms with Crippen molar-refractivity contribution in [1.29, 1.82) is 0 Å². The van der Waals surface area contributed by atoms with Crippen molar-refractivity contribution >= 4 is 41.8 Å². The highest BCUT2D eigenvalue weighted by atomic mass is 16.8. The minimum atomic E-state index is -1.84. The van der Waals surface area contributed by atoms with Crippen LogP contribution in [0.2, 0.25) is 0 Å². The van der Waals surface area contributed by atoms with Gasteiger partial charge >= 0.3 is 41.8 Å². The first-order chi connectivity index (χ1) is 25.4. The molecule has 2 bridgehead atoms. The second-order valence-electron chi connectivity index (χ2n) is 12.6. The molecule has 0 saturated carbocycles. The first-order valence-corrected chi connectivity index (χ1v) is 16.7. The van der Waals surface area contributed by atoms with Crippen molar-refractivity contribution in [1.82, 2.24) is 0 Å². The summed E-state index contributed by atoms with van der Waals surface area (Å²) in [6, 6.07) is 0. The number of hydrogen-bond acceptors (Lipinski definition) is 22. The van der Waals surface area contributed by atoms with Crippen LogP contribution in [-0.4, -0.2) is 164 Å². The highest BCUT2D eigenvalue weighted by Crippen LogP contribution is 2.39. The quantitative estimate of drug-likeness (QED) is 0.144. The second-order valence-corrected chi connectivity index (χ2v) is 12.6. The van der Waals surface area contributed by atoms with Gasteiger partial charge in [0.2, 0.25) is 0 Å². The van der Waals surface area contributed by atoms with Gasteiger partial charge in [-0.2, -0.15) is 0 Å². The normalized spacial score (nSPS) is 37.2. The summed E-state index contributed by atoms with van der Waals surface area (Å²) in [5, 5.41) is 20.9. The minimum absolute atomic E-state index is 0.149. The zero-order valence-electron chi connectivity index (χ0n) is 30.3. The van der Waals surface area contributed by atoms with Crippen molar-refractivity contribution in [2.75, 3.05) is 19.8 Å². The maximum absolute atomic E-state index is 12.6. The molecule has 15 atom stereocenters. The fraction of sp³-hybridized carbons (Fsp3) is 0.781. The summed E-state index contributed by atoms with van der Waals surface area (Å²) in [5.41, 5.74) is 0. The third-order valence-corrected chi connectivity index (χ3v) is 8.25. The van der Waals surface area contributed by atoms with E-state index in [0.717, 1.165) is 48.5 Å². The monoisotopic (exact) mass is 780 g/mol. The predicted octanol–water partition coefficient (Wildman–Crippen LogP) is -2.53. The first kappa shape index (κ1) is 42.7. The van der Waals surface area contributed by atoms with Crippen LogP contribution >= 0.6 is 0 Å². The molecule has 54 heavy (non-hydrogen) atoms. The maximum atomic E-state index is 12.6. The molecule has 0 amide bonds. The van der Waals surface area contributed by atoms with E-state index in [-0.39, 0.29) is 6.61 Å². The molecule has 2 N–H and O–H groups in total. The van der Waals surface area contributed by atoms with Crippen LogP contribution in [0.3, 0.4) is 0 Å². The molecule has 0 radical (unpaired) electrons. The molecular weight excluding hydrogens is 736 g/mol. The van der Waals surface area contributed by atoms with Crippen LogP contribution in [0.1, 0.15) is 48.5 Å². The first-order valence-electron chi connectivity index (χ1n) is 16.7. The van der Waals surface area contributed by atoms with E-state index < -0.39 is 147 Å². The Morgan fingerprint density at radius 3 is 1.44 bits per heavy atom. The van der Waals surface area contributed by atoms with Gasteiger partial charge in [0.15, 0.2) is 55.5 Å². The Morgan fingerprint density at radius 1 is 0.519 bits per heavy atom. The zero-order chi connectivity index (χ0) is 40.0. The van der Waals surface area contributed by atoms with E-state index >= 15 is 0 Å². The van der Waals surface area contributed by atoms with Gasteiger partial charge in [-0.1, -0.05) is 0 Å². The number of esters is 7. The predicted molar refractivity (Wildman–Crippen MR) is 165 cm³/mol. The summed E-state index contributed by atoms with van der Waals surface area (Å²) in [4.78, 5) is 85.8. The van der Waals surface area contributed by atoms with Crippen LogP contribution < -0.4 is 0 Å². The van der Waals surface area contributed by atoms with Crippen LogP contribution in [-0.2, 0) is 95.1 Å². The van der Waals surface area contributed by atoms with Crippen LogP contribution in [0.4, 0.5) is 0 Å². The molecule has 4 saturated heterocycles. The fourth-order valence-corrected chi connectivity index (χ4v) is 6.38. The fourth-order valence-electron chi connectivity index (χ4n) is 6.38. The Hall–Kier alpha value is -4.03. The maximum Gasteiger partial charge on any atom is 0.303 e. The van der Waals surface area contributed by atoms with Crippen LogP contribution in [0.15, 0.2) is 0 Å². The van der Waals surface area contributed by atoms with Gasteiger partial charge in [-0.05, 0) is 0 Å². The van der Waals surface area contributed by atoms with Crippen LogP contribution in [0.25, 0.3) is 0 Å². The van der Waals surface area contributed by atoms with Crippen molar-refractivity contribution in [3.8, 4) is 0 Å². The number of hydrogen-bond donors (Lipinski definition) is 2. The molecule has 22 heteroatoms. The van der Waals surface area contributed by atoms with E-state index in [0.29, 0.717) is 0 Å². The molecule has 4 aliphatic heterocycles. The van der Waals surface area contributed by atoms with Gasteiger partial charge in [-0.25, -0.2) is 0 Å². The average Bonchev–Trinajstić information content (AvgIpc) is 3.50. The molecule has 0 unspecified atom stereocenters. The largest absolute Gasteiger partial charge is 0.463 e. The number of fused-ring (bicyclic) bond motifs is 2. The summed E-state index contributed by atoms with van der Waals surface area (Å²) in [6.45, 7) is 5.64. The van der Waals surface area contributed by atoms with Gasteiger partial charge in [0.05, 0.1) is 13.2 Å². The second kappa shape index (κ2) is 18.5. The van der Waals surface area contributed by atoms with E-state index in [1.165, 1.54) is 0 Å². The topological polar surface area (TPSA) is 280 Å². The molecule has 0 spiro atoms. The highest BCUT2D eigenvalue weighted by Gasteiger charge is 2.60. The molecular formula is C32H44O22. The molecule has 0 aromatic carbocycles. The Balaban J connectivity index is 1.79.